The molecular weight excluding hydrogens is 440 g/mol. The highest BCUT2D eigenvalue weighted by Gasteiger charge is 2.51. The maximum atomic E-state index is 10.7. The van der Waals surface area contributed by atoms with Crippen molar-refractivity contribution in [1.29, 1.82) is 0 Å². The number of hydrogen-bond donors (Lipinski definition) is 6. The van der Waals surface area contributed by atoms with Gasteiger partial charge in [-0.1, -0.05) is 12.1 Å². The lowest BCUT2D eigenvalue weighted by Crippen LogP contribution is -2.64. The quantitative estimate of drug-likeness (QED) is 0.243. The summed E-state index contributed by atoms with van der Waals surface area (Å²) >= 11 is 0. The highest BCUT2D eigenvalue weighted by atomic mass is 16.8. The van der Waals surface area contributed by atoms with E-state index in [9.17, 15) is 30.6 Å². The zero-order chi connectivity index (χ0) is 24.3. The fourth-order valence-corrected chi connectivity index (χ4v) is 3.80. The number of aliphatic hydroxyl groups excluding tert-OH is 6. The monoisotopic (exact) mass is 472 g/mol. The minimum Gasteiger partial charge on any atom is -0.493 e. The van der Waals surface area contributed by atoms with Crippen LogP contribution >= 0.6 is 0 Å². The van der Waals surface area contributed by atoms with Crippen LogP contribution in [-0.4, -0.2) is 106 Å². The van der Waals surface area contributed by atoms with Gasteiger partial charge >= 0.3 is 0 Å². The zero-order valence-corrected chi connectivity index (χ0v) is 18.4. The molecule has 11 nitrogen and oxygen atoms in total. The number of allylic oxidation sites excluding steroid dienone is 1. The van der Waals surface area contributed by atoms with Crippen LogP contribution in [0.5, 0.6) is 11.5 Å². The third-order valence-electron chi connectivity index (χ3n) is 5.78. The Morgan fingerprint density at radius 1 is 0.939 bits per heavy atom. The van der Waals surface area contributed by atoms with Gasteiger partial charge in [-0.15, -0.1) is 6.58 Å². The Morgan fingerprint density at radius 2 is 1.67 bits per heavy atom. The molecule has 186 valence electrons. The van der Waals surface area contributed by atoms with Gasteiger partial charge < -0.3 is 54.3 Å². The number of methoxy groups -OCH3 is 1. The molecule has 1 aromatic rings. The topological polar surface area (TPSA) is 168 Å². The molecule has 0 bridgehead atoms. The van der Waals surface area contributed by atoms with E-state index in [0.717, 1.165) is 5.56 Å². The first-order valence-corrected chi connectivity index (χ1v) is 10.6. The molecule has 2 aliphatic heterocycles. The van der Waals surface area contributed by atoms with Crippen LogP contribution in [-0.2, 0) is 20.6 Å². The van der Waals surface area contributed by atoms with Crippen LogP contribution < -0.4 is 9.47 Å². The minimum atomic E-state index is -1.65. The molecular formula is C22H32O11. The van der Waals surface area contributed by atoms with E-state index < -0.39 is 68.0 Å². The predicted molar refractivity (Wildman–Crippen MR) is 113 cm³/mol. The molecule has 2 heterocycles. The summed E-state index contributed by atoms with van der Waals surface area (Å²) in [4.78, 5) is 0. The van der Waals surface area contributed by atoms with E-state index >= 15 is 0 Å². The molecule has 1 aromatic carbocycles. The van der Waals surface area contributed by atoms with Gasteiger partial charge in [0, 0.05) is 0 Å². The normalized spacial score (nSPS) is 39.2. The molecule has 2 aliphatic rings. The maximum Gasteiger partial charge on any atom is 0.229 e. The molecule has 6 N–H and O–H groups in total. The van der Waals surface area contributed by atoms with Crippen LogP contribution in [0.3, 0.4) is 0 Å². The fraction of sp³-hybridized carbons (Fsp3) is 0.636. The molecule has 3 rings (SSSR count). The molecule has 10 atom stereocenters. The van der Waals surface area contributed by atoms with Crippen molar-refractivity contribution in [2.75, 3.05) is 13.7 Å². The number of hydrogen-bond acceptors (Lipinski definition) is 11. The van der Waals surface area contributed by atoms with Crippen LogP contribution in [0.1, 0.15) is 12.5 Å². The zero-order valence-electron chi connectivity index (χ0n) is 18.4. The van der Waals surface area contributed by atoms with Gasteiger partial charge in [0.15, 0.2) is 23.9 Å². The van der Waals surface area contributed by atoms with Crippen LogP contribution in [0.2, 0.25) is 0 Å². The van der Waals surface area contributed by atoms with Crippen molar-refractivity contribution in [2.24, 2.45) is 0 Å². The molecule has 33 heavy (non-hydrogen) atoms. The van der Waals surface area contributed by atoms with E-state index in [-0.39, 0.29) is 5.75 Å². The van der Waals surface area contributed by atoms with Crippen LogP contribution in [0.4, 0.5) is 0 Å². The molecule has 0 saturated carbocycles. The van der Waals surface area contributed by atoms with E-state index in [1.165, 1.54) is 14.0 Å². The summed E-state index contributed by atoms with van der Waals surface area (Å²) in [5, 5.41) is 60.8. The van der Waals surface area contributed by atoms with Gasteiger partial charge in [-0.25, -0.2) is 0 Å². The van der Waals surface area contributed by atoms with Crippen molar-refractivity contribution < 1.29 is 54.3 Å². The van der Waals surface area contributed by atoms with Gasteiger partial charge in [-0.05, 0) is 31.0 Å². The van der Waals surface area contributed by atoms with Gasteiger partial charge in [0.1, 0.15) is 36.6 Å². The highest BCUT2D eigenvalue weighted by molar-refractivity contribution is 5.43. The first kappa shape index (κ1) is 25.8. The maximum absolute atomic E-state index is 10.7. The summed E-state index contributed by atoms with van der Waals surface area (Å²) < 4.78 is 28.0. The van der Waals surface area contributed by atoms with Crippen molar-refractivity contribution in [2.45, 2.75) is 74.8 Å². The summed E-state index contributed by atoms with van der Waals surface area (Å²) in [6, 6.07) is 5.13. The lowest BCUT2D eigenvalue weighted by atomic mass is 9.97. The molecule has 0 aliphatic carbocycles. The standard InChI is InChI=1S/C22H32O11/c1-4-5-11-6-7-12(13(8-11)29-3)31-22-20(18(27)16(25)14(9-23)32-22)33-21-19(28)17(26)15(24)10(2)30-21/h4,6-8,10,14-28H,1,5,9H2,2-3H3. The Bertz CT molecular complexity index is 790. The number of benzene rings is 1. The minimum absolute atomic E-state index is 0.234. The summed E-state index contributed by atoms with van der Waals surface area (Å²) in [5.74, 6) is 0.595. The molecule has 0 amide bonds. The second-order valence-electron chi connectivity index (χ2n) is 8.08. The summed E-state index contributed by atoms with van der Waals surface area (Å²) in [5.41, 5.74) is 0.913. The van der Waals surface area contributed by atoms with Gasteiger partial charge in [0.2, 0.25) is 6.29 Å². The Morgan fingerprint density at radius 3 is 2.30 bits per heavy atom. The van der Waals surface area contributed by atoms with Crippen LogP contribution in [0, 0.1) is 0 Å². The lowest BCUT2D eigenvalue weighted by Gasteiger charge is -2.45. The van der Waals surface area contributed by atoms with E-state index in [0.29, 0.717) is 12.2 Å². The van der Waals surface area contributed by atoms with Crippen LogP contribution in [0.15, 0.2) is 30.9 Å². The van der Waals surface area contributed by atoms with Crippen LogP contribution in [0.25, 0.3) is 0 Å². The Hall–Kier alpha value is -1.80. The Labute approximate surface area is 191 Å². The van der Waals surface area contributed by atoms with Crippen molar-refractivity contribution >= 4 is 0 Å². The van der Waals surface area contributed by atoms with Gasteiger partial charge in [-0.3, -0.25) is 0 Å². The SMILES string of the molecule is C=CCc1ccc(OC2OC(CO)C(O)C(O)C2OC2OC(C)C(O)C(O)C2O)c(OC)c1. The third kappa shape index (κ3) is 5.48. The summed E-state index contributed by atoms with van der Waals surface area (Å²) in [6.07, 6.45) is -11.7. The third-order valence-corrected chi connectivity index (χ3v) is 5.78. The van der Waals surface area contributed by atoms with Gasteiger partial charge in [0.05, 0.1) is 19.8 Å². The molecule has 0 aromatic heterocycles. The fourth-order valence-electron chi connectivity index (χ4n) is 3.80. The summed E-state index contributed by atoms with van der Waals surface area (Å²) in [6.45, 7) is 4.57. The molecule has 0 spiro atoms. The first-order chi connectivity index (χ1) is 15.7. The number of ether oxygens (including phenoxy) is 5. The van der Waals surface area contributed by atoms with Crippen molar-refractivity contribution in [3.63, 3.8) is 0 Å². The molecule has 2 fully saturated rings. The first-order valence-electron chi connectivity index (χ1n) is 10.6. The average molecular weight is 472 g/mol. The Kier molecular flexibility index (Phi) is 8.67. The number of aliphatic hydroxyl groups is 6. The largest absolute Gasteiger partial charge is 0.493 e. The predicted octanol–water partition coefficient (Wildman–Crippen LogP) is -1.55. The smallest absolute Gasteiger partial charge is 0.229 e. The molecule has 0 radical (unpaired) electrons. The second-order valence-corrected chi connectivity index (χ2v) is 8.08. The molecule has 2 saturated heterocycles. The number of rotatable bonds is 8. The average Bonchev–Trinajstić information content (AvgIpc) is 2.81. The molecule has 10 unspecified atom stereocenters. The van der Waals surface area contributed by atoms with Gasteiger partial charge in [-0.2, -0.15) is 0 Å². The van der Waals surface area contributed by atoms with E-state index in [4.69, 9.17) is 23.7 Å². The van der Waals surface area contributed by atoms with Crippen molar-refractivity contribution in [1.82, 2.24) is 0 Å². The van der Waals surface area contributed by atoms with Gasteiger partial charge in [0.25, 0.3) is 0 Å². The lowest BCUT2D eigenvalue weighted by molar-refractivity contribution is -0.354. The summed E-state index contributed by atoms with van der Waals surface area (Å²) in [7, 11) is 1.45. The van der Waals surface area contributed by atoms with E-state index in [1.54, 1.807) is 24.3 Å². The Balaban J connectivity index is 1.86. The highest BCUT2D eigenvalue weighted by Crippen LogP contribution is 2.34. The van der Waals surface area contributed by atoms with Crippen molar-refractivity contribution in [3.8, 4) is 11.5 Å². The second kappa shape index (κ2) is 11.1. The molecule has 11 heteroatoms. The van der Waals surface area contributed by atoms with E-state index in [2.05, 4.69) is 6.58 Å². The van der Waals surface area contributed by atoms with E-state index in [1.807, 2.05) is 0 Å². The van der Waals surface area contributed by atoms with Crippen molar-refractivity contribution in [3.05, 3.63) is 36.4 Å².